The quantitative estimate of drug-likeness (QED) is 0.0643. The minimum atomic E-state index is -2.38. The van der Waals surface area contributed by atoms with Crippen LogP contribution in [0.4, 0.5) is 0 Å². The van der Waals surface area contributed by atoms with E-state index in [2.05, 4.69) is 0 Å². The van der Waals surface area contributed by atoms with Gasteiger partial charge in [-0.1, -0.05) is 0 Å². The van der Waals surface area contributed by atoms with Crippen LogP contribution in [0, 0.1) is 0 Å². The lowest BCUT2D eigenvalue weighted by Crippen LogP contribution is -2.66. The number of hydrogen-bond donors (Lipinski definition) is 32. The van der Waals surface area contributed by atoms with Crippen LogP contribution in [0.2, 0.25) is 0 Å². The molecule has 0 bridgehead atoms. The van der Waals surface area contributed by atoms with Gasteiger partial charge in [-0.2, -0.15) is 0 Å². The van der Waals surface area contributed by atoms with Gasteiger partial charge in [0.25, 0.3) is 0 Å². The second-order valence-corrected chi connectivity index (χ2v) is 22.4. The molecular weight excluding hydrogens is 1280 g/mol. The summed E-state index contributed by atoms with van der Waals surface area (Å²) in [5.41, 5.74) is 0. The molecule has 8 rings (SSSR count). The SMILES string of the molecule is OC[C@H]1O[C@@H](O[C@@H]2[C@H](O)COC(O)(CO)[C@H]2O)[C@H](O)[C@@H](O)[C@@H]1O.OC[C@H]1O[C@@H](O[C@@H]2[C@H](O)COC(O)(CO)[C@H]2O)[C@H](O)[C@@H](O)[C@H]1O.OC[C@H]1O[C@@](CO)(O[C@H]2O[C@H](CO)[C@@H](O)[C@H](O)[C@H]2O)[C@@H](O)[C@@H]1O.OC[C@H]1O[C@H](O[C@@H]2[C@H](O)COC(O)(CO)[C@H]2O)[C@H](O)[C@@H](O)[C@@H]1O. The Morgan fingerprint density at radius 3 is 0.761 bits per heavy atom. The molecule has 8 heterocycles. The van der Waals surface area contributed by atoms with Crippen LogP contribution in [0.1, 0.15) is 0 Å². The van der Waals surface area contributed by atoms with E-state index in [9.17, 15) is 123 Å². The zero-order valence-corrected chi connectivity index (χ0v) is 48.2. The molecule has 92 heavy (non-hydrogen) atoms. The van der Waals surface area contributed by atoms with Gasteiger partial charge in [-0.3, -0.25) is 0 Å². The largest absolute Gasteiger partial charge is 0.394 e. The molecular formula is C48H88O44. The van der Waals surface area contributed by atoms with Gasteiger partial charge in [-0.25, -0.2) is 0 Å². The number of aliphatic hydroxyl groups excluding tert-OH is 29. The topological polar surface area (TPSA) is 758 Å². The predicted octanol–water partition coefficient (Wildman–Crippen LogP) is -21.6. The summed E-state index contributed by atoms with van der Waals surface area (Å²) in [5.74, 6) is -9.35. The summed E-state index contributed by atoms with van der Waals surface area (Å²) in [7, 11) is 0. The van der Waals surface area contributed by atoms with Crippen molar-refractivity contribution < 1.29 is 220 Å². The molecule has 0 saturated carbocycles. The molecule has 0 aliphatic carbocycles. The van der Waals surface area contributed by atoms with E-state index in [1.165, 1.54) is 0 Å². The third-order valence-corrected chi connectivity index (χ3v) is 16.1. The van der Waals surface area contributed by atoms with Gasteiger partial charge in [0.1, 0.15) is 178 Å². The minimum absolute atomic E-state index is 0.476. The van der Waals surface area contributed by atoms with Crippen LogP contribution in [0.25, 0.3) is 0 Å². The average Bonchev–Trinajstić information content (AvgIpc) is 1.43. The Balaban J connectivity index is 0.000000223. The van der Waals surface area contributed by atoms with Gasteiger partial charge in [0.05, 0.1) is 72.7 Å². The van der Waals surface area contributed by atoms with Crippen molar-refractivity contribution in [2.45, 2.75) is 219 Å². The molecule has 8 fully saturated rings. The molecule has 0 spiro atoms. The highest BCUT2D eigenvalue weighted by molar-refractivity contribution is 5.01. The van der Waals surface area contributed by atoms with Crippen molar-refractivity contribution in [3.63, 3.8) is 0 Å². The smallest absolute Gasteiger partial charge is 0.224 e. The van der Waals surface area contributed by atoms with Crippen LogP contribution in [0.5, 0.6) is 0 Å². The fourth-order valence-corrected chi connectivity index (χ4v) is 10.2. The fraction of sp³-hybridized carbons (Fsp3) is 1.00. The molecule has 0 aromatic rings. The molecule has 32 N–H and O–H groups in total. The monoisotopic (exact) mass is 1370 g/mol. The molecule has 0 radical (unpaired) electrons. The predicted molar refractivity (Wildman–Crippen MR) is 275 cm³/mol. The Hall–Kier alpha value is -1.76. The van der Waals surface area contributed by atoms with Gasteiger partial charge >= 0.3 is 0 Å². The molecule has 8 aliphatic heterocycles. The molecule has 3 unspecified atom stereocenters. The number of rotatable bonds is 17. The molecule has 0 amide bonds. The van der Waals surface area contributed by atoms with Crippen molar-refractivity contribution >= 4 is 0 Å². The first-order valence-corrected chi connectivity index (χ1v) is 28.2. The second kappa shape index (κ2) is 34.3. The Morgan fingerprint density at radius 2 is 0.533 bits per heavy atom. The third kappa shape index (κ3) is 17.4. The van der Waals surface area contributed by atoms with E-state index in [4.69, 9.17) is 97.7 Å². The first kappa shape index (κ1) is 80.9. The highest BCUT2D eigenvalue weighted by Gasteiger charge is 2.60. The zero-order chi connectivity index (χ0) is 69.4. The summed E-state index contributed by atoms with van der Waals surface area (Å²) in [4.78, 5) is 0. The molecule has 44 nitrogen and oxygen atoms in total. The molecule has 544 valence electrons. The van der Waals surface area contributed by atoms with Gasteiger partial charge in [-0.05, 0) is 0 Å². The molecule has 0 aromatic heterocycles. The lowest BCUT2D eigenvalue weighted by atomic mass is 9.96. The summed E-state index contributed by atoms with van der Waals surface area (Å²) in [6.07, 6.45) is -50.8. The highest BCUT2D eigenvalue weighted by Crippen LogP contribution is 2.38. The van der Waals surface area contributed by atoms with Crippen molar-refractivity contribution in [2.75, 3.05) is 79.3 Å². The summed E-state index contributed by atoms with van der Waals surface area (Å²) in [6, 6.07) is 0. The van der Waals surface area contributed by atoms with E-state index >= 15 is 0 Å². The van der Waals surface area contributed by atoms with Crippen molar-refractivity contribution in [3.05, 3.63) is 0 Å². The summed E-state index contributed by atoms with van der Waals surface area (Å²) in [5, 5.41) is 308. The molecule has 44 heteroatoms. The van der Waals surface area contributed by atoms with E-state index in [0.29, 0.717) is 0 Å². The molecule has 8 aliphatic rings. The normalized spacial score (nSPS) is 51.5. The summed E-state index contributed by atoms with van der Waals surface area (Å²) in [6.45, 7) is -8.71. The Morgan fingerprint density at radius 1 is 0.283 bits per heavy atom. The maximum Gasteiger partial charge on any atom is 0.224 e. The summed E-state index contributed by atoms with van der Waals surface area (Å²) >= 11 is 0. The van der Waals surface area contributed by atoms with Gasteiger partial charge in [0.15, 0.2) is 25.2 Å². The van der Waals surface area contributed by atoms with Crippen molar-refractivity contribution in [2.24, 2.45) is 0 Å². The van der Waals surface area contributed by atoms with Crippen molar-refractivity contribution in [1.82, 2.24) is 0 Å². The molecule has 0 aromatic carbocycles. The highest BCUT2D eigenvalue weighted by atomic mass is 16.8. The minimum Gasteiger partial charge on any atom is -0.394 e. The van der Waals surface area contributed by atoms with Crippen LogP contribution in [-0.4, -0.2) is 462 Å². The van der Waals surface area contributed by atoms with E-state index in [-0.39, 0.29) is 0 Å². The van der Waals surface area contributed by atoms with Crippen LogP contribution in [0.15, 0.2) is 0 Å². The number of aliphatic hydroxyl groups is 32. The maximum atomic E-state index is 10.00. The molecule has 36 atom stereocenters. The second-order valence-electron chi connectivity index (χ2n) is 22.4. The molecule has 8 saturated heterocycles. The number of hydrogen-bond acceptors (Lipinski definition) is 44. The fourth-order valence-electron chi connectivity index (χ4n) is 10.2. The van der Waals surface area contributed by atoms with E-state index < -0.39 is 299 Å². The zero-order valence-electron chi connectivity index (χ0n) is 48.2. The van der Waals surface area contributed by atoms with Gasteiger partial charge in [0.2, 0.25) is 23.1 Å². The van der Waals surface area contributed by atoms with Crippen LogP contribution < -0.4 is 0 Å². The van der Waals surface area contributed by atoms with E-state index in [1.807, 2.05) is 0 Å². The lowest BCUT2D eigenvalue weighted by molar-refractivity contribution is -0.383. The number of ether oxygens (including phenoxy) is 12. The first-order valence-electron chi connectivity index (χ1n) is 28.2. The first-order chi connectivity index (χ1) is 43.0. The standard InChI is InChI=1S/4C12H22O11/c3*13-1-5-6(16)7(17)8(18)11(22-5)23-9-4(15)2-21-12(20,3-14)10(9)19;13-1-4-6(16)8(18)9(19)11(21-4)23-12(3-15)10(20)7(17)5(2-14)22-12/h4*4-11,13-20H,1-3H2/t4-,5-,6+,7+,8-,9-,10+,11+,12?;4-,5-,6-,7+,8-,9-,10+,11+,12?;4-,5-,6-,7+,8-,9-,10+,11-,12?;4-,5-,6-,7-,8+,9-,10+,11-,12+/m1111/s1. The Labute approximate surface area is 518 Å². The van der Waals surface area contributed by atoms with Crippen molar-refractivity contribution in [3.8, 4) is 0 Å². The van der Waals surface area contributed by atoms with Crippen LogP contribution >= 0.6 is 0 Å². The Bertz CT molecular complexity index is 1980. The van der Waals surface area contributed by atoms with Gasteiger partial charge in [-0.15, -0.1) is 0 Å². The third-order valence-electron chi connectivity index (χ3n) is 16.1. The van der Waals surface area contributed by atoms with Gasteiger partial charge < -0.3 is 220 Å². The summed E-state index contributed by atoms with van der Waals surface area (Å²) < 4.78 is 60.6. The Kier molecular flexibility index (Phi) is 30.2. The van der Waals surface area contributed by atoms with Crippen LogP contribution in [0.3, 0.4) is 0 Å². The van der Waals surface area contributed by atoms with E-state index in [0.717, 1.165) is 0 Å². The average molecular weight is 1370 g/mol. The van der Waals surface area contributed by atoms with Crippen molar-refractivity contribution in [1.29, 1.82) is 0 Å². The van der Waals surface area contributed by atoms with Gasteiger partial charge in [0, 0.05) is 0 Å². The lowest BCUT2D eigenvalue weighted by Gasteiger charge is -2.46. The van der Waals surface area contributed by atoms with E-state index in [1.54, 1.807) is 0 Å². The maximum absolute atomic E-state index is 10.00. The van der Waals surface area contributed by atoms with Crippen LogP contribution in [-0.2, 0) is 56.8 Å².